The van der Waals surface area contributed by atoms with Crippen LogP contribution in [0.5, 0.6) is 0 Å². The van der Waals surface area contributed by atoms with Crippen LogP contribution in [0.1, 0.15) is 35.3 Å². The van der Waals surface area contributed by atoms with Gasteiger partial charge in [-0.2, -0.15) is 0 Å². The van der Waals surface area contributed by atoms with E-state index in [0.717, 1.165) is 11.0 Å². The molecule has 0 bridgehead atoms. The van der Waals surface area contributed by atoms with E-state index in [2.05, 4.69) is 9.97 Å². The quantitative estimate of drug-likeness (QED) is 0.656. The van der Waals surface area contributed by atoms with Gasteiger partial charge in [0, 0.05) is 37.5 Å². The number of fused-ring (bicyclic) bond motifs is 1. The first kappa shape index (κ1) is 19.1. The summed E-state index contributed by atoms with van der Waals surface area (Å²) in [5, 5.41) is 10.9. The second-order valence-electron chi connectivity index (χ2n) is 7.91. The molecule has 1 amide bonds. The van der Waals surface area contributed by atoms with Crippen molar-refractivity contribution < 1.29 is 9.90 Å². The van der Waals surface area contributed by atoms with Crippen molar-refractivity contribution in [3.63, 3.8) is 0 Å². The molecule has 3 aromatic rings. The highest BCUT2D eigenvalue weighted by Gasteiger charge is 2.41. The zero-order chi connectivity index (χ0) is 20.9. The van der Waals surface area contributed by atoms with Crippen LogP contribution in [0.25, 0.3) is 11.0 Å². The van der Waals surface area contributed by atoms with Crippen LogP contribution in [-0.4, -0.2) is 53.7 Å². The van der Waals surface area contributed by atoms with Gasteiger partial charge in [0.2, 0.25) is 0 Å². The topological polar surface area (TPSA) is 113 Å². The number of nitrogens with one attached hydrogen (secondary N) is 1. The maximum Gasteiger partial charge on any atom is 0.328 e. The number of hydrogen-bond acceptors (Lipinski definition) is 5. The molecule has 9 heteroatoms. The molecule has 4 rings (SSSR count). The molecule has 29 heavy (non-hydrogen) atoms. The number of benzene rings is 1. The van der Waals surface area contributed by atoms with Gasteiger partial charge in [-0.25, -0.2) is 9.78 Å². The Balaban J connectivity index is 1.67. The molecule has 2 N–H and O–H groups in total. The lowest BCUT2D eigenvalue weighted by Gasteiger charge is -2.43. The van der Waals surface area contributed by atoms with E-state index >= 15 is 0 Å². The molecule has 1 aliphatic rings. The van der Waals surface area contributed by atoms with Crippen molar-refractivity contribution in [2.24, 2.45) is 7.05 Å². The Morgan fingerprint density at radius 1 is 1.34 bits per heavy atom. The maximum absolute atomic E-state index is 13.1. The molecule has 3 heterocycles. The number of amides is 1. The van der Waals surface area contributed by atoms with E-state index in [1.165, 1.54) is 10.8 Å². The molecule has 0 aliphatic carbocycles. The standard InChI is InChI=1S/C20H23N5O4/c1-12-9-25(19(28)22-17(12)26)16-10-24(7-6-20(16,2)29)18(27)13-4-5-15-14(8-13)21-11-23(15)3/h4-5,8-9,11,16,29H,6-7,10H2,1-3H3,(H,22,26,28)/t16-,20-/m1/s1. The summed E-state index contributed by atoms with van der Waals surface area (Å²) in [5.41, 5.74) is 0.262. The third-order valence-corrected chi connectivity index (χ3v) is 5.74. The molecule has 1 aromatic carbocycles. The van der Waals surface area contributed by atoms with Gasteiger partial charge in [-0.1, -0.05) is 0 Å². The highest BCUT2D eigenvalue weighted by atomic mass is 16.3. The van der Waals surface area contributed by atoms with Gasteiger partial charge in [0.25, 0.3) is 11.5 Å². The van der Waals surface area contributed by atoms with E-state index in [9.17, 15) is 19.5 Å². The number of nitrogens with zero attached hydrogens (tertiary/aromatic N) is 4. The number of likely N-dealkylation sites (tertiary alicyclic amines) is 1. The molecule has 1 fully saturated rings. The van der Waals surface area contributed by atoms with Crippen LogP contribution >= 0.6 is 0 Å². The molecule has 1 aliphatic heterocycles. The zero-order valence-corrected chi connectivity index (χ0v) is 16.5. The fourth-order valence-corrected chi connectivity index (χ4v) is 3.87. The zero-order valence-electron chi connectivity index (χ0n) is 16.5. The normalized spacial score (nSPS) is 22.2. The third kappa shape index (κ3) is 3.27. The number of carbonyl (C=O) groups is 1. The van der Waals surface area contributed by atoms with Crippen LogP contribution in [0, 0.1) is 6.92 Å². The van der Waals surface area contributed by atoms with Crippen molar-refractivity contribution >= 4 is 16.9 Å². The Kier molecular flexibility index (Phi) is 4.42. The summed E-state index contributed by atoms with van der Waals surface area (Å²) in [4.78, 5) is 45.4. The van der Waals surface area contributed by atoms with E-state index in [0.29, 0.717) is 24.1 Å². The molecule has 2 atom stereocenters. The van der Waals surface area contributed by atoms with Crippen LogP contribution in [-0.2, 0) is 7.05 Å². The molecule has 0 radical (unpaired) electrons. The SMILES string of the molecule is Cc1cn([C@@H]2CN(C(=O)c3ccc4c(c3)ncn4C)CC[C@@]2(C)O)c(=O)[nH]c1=O. The predicted molar refractivity (Wildman–Crippen MR) is 107 cm³/mol. The number of aromatic amines is 1. The second-order valence-corrected chi connectivity index (χ2v) is 7.91. The number of aromatic nitrogens is 4. The number of rotatable bonds is 2. The summed E-state index contributed by atoms with van der Waals surface area (Å²) in [7, 11) is 1.89. The van der Waals surface area contributed by atoms with E-state index in [-0.39, 0.29) is 12.5 Å². The van der Waals surface area contributed by atoms with Crippen molar-refractivity contribution in [1.29, 1.82) is 0 Å². The minimum atomic E-state index is -1.20. The van der Waals surface area contributed by atoms with Gasteiger partial charge in [-0.3, -0.25) is 19.1 Å². The fraction of sp³-hybridized carbons (Fsp3) is 0.400. The number of imidazole rings is 1. The summed E-state index contributed by atoms with van der Waals surface area (Å²) < 4.78 is 3.20. The Morgan fingerprint density at radius 2 is 2.10 bits per heavy atom. The van der Waals surface area contributed by atoms with Gasteiger partial charge in [0.1, 0.15) is 0 Å². The fourth-order valence-electron chi connectivity index (χ4n) is 3.87. The van der Waals surface area contributed by atoms with Crippen LogP contribution in [0.3, 0.4) is 0 Å². The number of carbonyl (C=O) groups excluding carboxylic acids is 1. The molecular weight excluding hydrogens is 374 g/mol. The number of H-pyrrole nitrogens is 1. The molecule has 0 spiro atoms. The van der Waals surface area contributed by atoms with Crippen molar-refractivity contribution in [2.45, 2.75) is 31.9 Å². The van der Waals surface area contributed by atoms with Gasteiger partial charge in [-0.05, 0) is 38.5 Å². The van der Waals surface area contributed by atoms with Crippen LogP contribution in [0.15, 0.2) is 40.3 Å². The summed E-state index contributed by atoms with van der Waals surface area (Å²) in [6, 6.07) is 4.67. The Labute approximate surface area is 166 Å². The predicted octanol–water partition coefficient (Wildman–Crippen LogP) is 0.570. The lowest BCUT2D eigenvalue weighted by Crippen LogP contribution is -2.55. The van der Waals surface area contributed by atoms with E-state index in [1.807, 2.05) is 17.7 Å². The van der Waals surface area contributed by atoms with Crippen LogP contribution in [0.4, 0.5) is 0 Å². The summed E-state index contributed by atoms with van der Waals surface area (Å²) in [6.07, 6.45) is 3.44. The number of piperidine rings is 1. The minimum absolute atomic E-state index is 0.150. The summed E-state index contributed by atoms with van der Waals surface area (Å²) in [6.45, 7) is 3.75. The lowest BCUT2D eigenvalue weighted by atomic mass is 9.87. The molecule has 9 nitrogen and oxygen atoms in total. The van der Waals surface area contributed by atoms with Crippen LogP contribution < -0.4 is 11.2 Å². The van der Waals surface area contributed by atoms with E-state index in [1.54, 1.807) is 37.2 Å². The number of aryl methyl sites for hydroxylation is 2. The average molecular weight is 397 g/mol. The van der Waals surface area contributed by atoms with Crippen molar-refractivity contribution in [3.8, 4) is 0 Å². The van der Waals surface area contributed by atoms with Crippen molar-refractivity contribution in [3.05, 3.63) is 62.7 Å². The first-order chi connectivity index (χ1) is 13.7. The van der Waals surface area contributed by atoms with E-state index < -0.39 is 22.9 Å². The number of hydrogen-bond donors (Lipinski definition) is 2. The van der Waals surface area contributed by atoms with Crippen molar-refractivity contribution in [1.82, 2.24) is 24.0 Å². The van der Waals surface area contributed by atoms with Gasteiger partial charge in [0.05, 0.1) is 29.0 Å². The Morgan fingerprint density at radius 3 is 2.86 bits per heavy atom. The maximum atomic E-state index is 13.1. The number of aliphatic hydroxyl groups is 1. The van der Waals surface area contributed by atoms with Gasteiger partial charge >= 0.3 is 5.69 Å². The van der Waals surface area contributed by atoms with Gasteiger partial charge < -0.3 is 14.6 Å². The molecule has 2 aromatic heterocycles. The lowest BCUT2D eigenvalue weighted by molar-refractivity contribution is -0.0460. The van der Waals surface area contributed by atoms with Gasteiger partial charge in [0.15, 0.2) is 0 Å². The summed E-state index contributed by atoms with van der Waals surface area (Å²) in [5.74, 6) is -0.188. The van der Waals surface area contributed by atoms with Gasteiger partial charge in [-0.15, -0.1) is 0 Å². The average Bonchev–Trinajstić information content (AvgIpc) is 3.05. The monoisotopic (exact) mass is 397 g/mol. The first-order valence-corrected chi connectivity index (χ1v) is 9.42. The highest BCUT2D eigenvalue weighted by Crippen LogP contribution is 2.31. The second kappa shape index (κ2) is 6.70. The molecule has 0 saturated carbocycles. The largest absolute Gasteiger partial charge is 0.388 e. The van der Waals surface area contributed by atoms with Crippen LogP contribution in [0.2, 0.25) is 0 Å². The molecular formula is C20H23N5O4. The molecule has 1 saturated heterocycles. The van der Waals surface area contributed by atoms with Crippen molar-refractivity contribution in [2.75, 3.05) is 13.1 Å². The first-order valence-electron chi connectivity index (χ1n) is 9.42. The smallest absolute Gasteiger partial charge is 0.328 e. The summed E-state index contributed by atoms with van der Waals surface area (Å²) >= 11 is 0. The highest BCUT2D eigenvalue weighted by molar-refractivity contribution is 5.97. The molecule has 152 valence electrons. The Bertz CT molecular complexity index is 1220. The third-order valence-electron chi connectivity index (χ3n) is 5.74. The molecule has 0 unspecified atom stereocenters. The Hall–Kier alpha value is -3.20. The minimum Gasteiger partial charge on any atom is -0.388 e. The van der Waals surface area contributed by atoms with E-state index in [4.69, 9.17) is 0 Å².